The van der Waals surface area contributed by atoms with Crippen molar-refractivity contribution in [3.63, 3.8) is 0 Å². The Morgan fingerprint density at radius 2 is 2.44 bits per heavy atom. The molecule has 1 aromatic heterocycles. The zero-order valence-corrected chi connectivity index (χ0v) is 9.44. The molecule has 0 radical (unpaired) electrons. The van der Waals surface area contributed by atoms with E-state index in [4.69, 9.17) is 5.73 Å². The van der Waals surface area contributed by atoms with Crippen molar-refractivity contribution in [1.82, 2.24) is 20.1 Å². The summed E-state index contributed by atoms with van der Waals surface area (Å²) in [6.45, 7) is 1.02. The van der Waals surface area contributed by atoms with Crippen molar-refractivity contribution in [1.29, 1.82) is 0 Å². The third-order valence-corrected chi connectivity index (χ3v) is 3.01. The van der Waals surface area contributed by atoms with Crippen LogP contribution < -0.4 is 11.1 Å². The standard InChI is InChI=1S/C10H17N5O/c1-15-7-13-8(14-15)2-5-12-9(16)10(6-11)3-4-10/h7H,2-6,11H2,1H3,(H,12,16). The van der Waals surface area contributed by atoms with Crippen molar-refractivity contribution in [2.45, 2.75) is 19.3 Å². The summed E-state index contributed by atoms with van der Waals surface area (Å²) in [6.07, 6.45) is 4.14. The van der Waals surface area contributed by atoms with Crippen LogP contribution in [0, 0.1) is 5.41 Å². The molecule has 0 aliphatic heterocycles. The van der Waals surface area contributed by atoms with Crippen molar-refractivity contribution in [2.75, 3.05) is 13.1 Å². The van der Waals surface area contributed by atoms with Crippen LogP contribution in [-0.2, 0) is 18.3 Å². The quantitative estimate of drug-likeness (QED) is 0.685. The molecule has 0 atom stereocenters. The first-order valence-electron chi connectivity index (χ1n) is 5.49. The van der Waals surface area contributed by atoms with E-state index in [-0.39, 0.29) is 11.3 Å². The molecule has 1 aliphatic carbocycles. The van der Waals surface area contributed by atoms with Gasteiger partial charge in [0.15, 0.2) is 5.82 Å². The number of hydrogen-bond acceptors (Lipinski definition) is 4. The average Bonchev–Trinajstić information content (AvgIpc) is 2.98. The molecule has 0 spiro atoms. The highest BCUT2D eigenvalue weighted by molar-refractivity contribution is 5.85. The Bertz CT molecular complexity index is 382. The number of amides is 1. The minimum atomic E-state index is -0.266. The Labute approximate surface area is 94.2 Å². The van der Waals surface area contributed by atoms with Crippen LogP contribution in [0.4, 0.5) is 0 Å². The van der Waals surface area contributed by atoms with Crippen LogP contribution in [-0.4, -0.2) is 33.8 Å². The van der Waals surface area contributed by atoms with Crippen LogP contribution in [0.5, 0.6) is 0 Å². The van der Waals surface area contributed by atoms with Crippen LogP contribution in [0.25, 0.3) is 0 Å². The third kappa shape index (κ3) is 2.21. The highest BCUT2D eigenvalue weighted by atomic mass is 16.2. The van der Waals surface area contributed by atoms with E-state index in [1.165, 1.54) is 0 Å². The second-order valence-corrected chi connectivity index (χ2v) is 4.32. The number of aromatic nitrogens is 3. The van der Waals surface area contributed by atoms with Gasteiger partial charge in [0.05, 0.1) is 5.41 Å². The van der Waals surface area contributed by atoms with Crippen molar-refractivity contribution in [3.8, 4) is 0 Å². The van der Waals surface area contributed by atoms with Gasteiger partial charge < -0.3 is 11.1 Å². The van der Waals surface area contributed by atoms with Crippen molar-refractivity contribution in [3.05, 3.63) is 12.2 Å². The molecule has 1 saturated carbocycles. The number of nitrogens with one attached hydrogen (secondary N) is 1. The van der Waals surface area contributed by atoms with Gasteiger partial charge in [-0.2, -0.15) is 5.10 Å². The maximum Gasteiger partial charge on any atom is 0.227 e. The number of hydrogen-bond donors (Lipinski definition) is 2. The second kappa shape index (κ2) is 4.21. The molecular weight excluding hydrogens is 206 g/mol. The molecule has 3 N–H and O–H groups in total. The van der Waals surface area contributed by atoms with E-state index in [2.05, 4.69) is 15.4 Å². The monoisotopic (exact) mass is 223 g/mol. The minimum absolute atomic E-state index is 0.0749. The lowest BCUT2D eigenvalue weighted by Gasteiger charge is -2.11. The molecule has 6 nitrogen and oxygen atoms in total. The van der Waals surface area contributed by atoms with Crippen LogP contribution in [0.3, 0.4) is 0 Å². The zero-order chi connectivity index (χ0) is 11.6. The van der Waals surface area contributed by atoms with Crippen molar-refractivity contribution in [2.24, 2.45) is 18.2 Å². The number of carbonyl (C=O) groups excluding carboxylic acids is 1. The number of aryl methyl sites for hydroxylation is 1. The molecule has 88 valence electrons. The van der Waals surface area contributed by atoms with Crippen LogP contribution in [0.2, 0.25) is 0 Å². The van der Waals surface area contributed by atoms with Crippen LogP contribution in [0.15, 0.2) is 6.33 Å². The lowest BCUT2D eigenvalue weighted by molar-refractivity contribution is -0.125. The molecule has 6 heteroatoms. The summed E-state index contributed by atoms with van der Waals surface area (Å²) in [5.41, 5.74) is 5.30. The first-order chi connectivity index (χ1) is 7.66. The number of carbonyl (C=O) groups is 1. The third-order valence-electron chi connectivity index (χ3n) is 3.01. The summed E-state index contributed by atoms with van der Waals surface area (Å²) in [4.78, 5) is 15.8. The van der Waals surface area contributed by atoms with E-state index in [0.717, 1.165) is 18.7 Å². The summed E-state index contributed by atoms with van der Waals surface area (Å²) in [5.74, 6) is 0.825. The molecule has 1 aromatic rings. The fraction of sp³-hybridized carbons (Fsp3) is 0.700. The van der Waals surface area contributed by atoms with Gasteiger partial charge in [-0.1, -0.05) is 0 Å². The Kier molecular flexibility index (Phi) is 2.91. The Hall–Kier alpha value is -1.43. The molecule has 16 heavy (non-hydrogen) atoms. The molecule has 2 rings (SSSR count). The highest BCUT2D eigenvalue weighted by Crippen LogP contribution is 2.44. The summed E-state index contributed by atoms with van der Waals surface area (Å²) in [7, 11) is 1.82. The molecule has 0 aromatic carbocycles. The van der Waals surface area contributed by atoms with E-state index in [0.29, 0.717) is 19.5 Å². The van der Waals surface area contributed by atoms with E-state index >= 15 is 0 Å². The topological polar surface area (TPSA) is 85.8 Å². The van der Waals surface area contributed by atoms with Gasteiger partial charge in [-0.3, -0.25) is 9.48 Å². The normalized spacial score (nSPS) is 17.1. The first kappa shape index (κ1) is 11.1. The molecule has 0 unspecified atom stereocenters. The first-order valence-corrected chi connectivity index (χ1v) is 5.49. The molecule has 1 fully saturated rings. The summed E-state index contributed by atoms with van der Waals surface area (Å²) in [6, 6.07) is 0. The zero-order valence-electron chi connectivity index (χ0n) is 9.44. The Morgan fingerprint density at radius 3 is 2.94 bits per heavy atom. The lowest BCUT2D eigenvalue weighted by atomic mass is 10.1. The van der Waals surface area contributed by atoms with Gasteiger partial charge in [-0.15, -0.1) is 0 Å². The summed E-state index contributed by atoms with van der Waals surface area (Å²) in [5, 5.41) is 7.02. The molecule has 0 bridgehead atoms. The van der Waals surface area contributed by atoms with Gasteiger partial charge >= 0.3 is 0 Å². The number of rotatable bonds is 5. The predicted octanol–water partition coefficient (Wildman–Crippen LogP) is -0.787. The van der Waals surface area contributed by atoms with Gasteiger partial charge in [0.25, 0.3) is 0 Å². The maximum absolute atomic E-state index is 11.7. The predicted molar refractivity (Wildman–Crippen MR) is 58.4 cm³/mol. The maximum atomic E-state index is 11.7. The molecular formula is C10H17N5O. The highest BCUT2D eigenvalue weighted by Gasteiger charge is 2.48. The Morgan fingerprint density at radius 1 is 1.69 bits per heavy atom. The molecule has 0 saturated heterocycles. The average molecular weight is 223 g/mol. The fourth-order valence-electron chi connectivity index (χ4n) is 1.65. The summed E-state index contributed by atoms with van der Waals surface area (Å²) < 4.78 is 1.65. The van der Waals surface area contributed by atoms with Gasteiger partial charge in [-0.05, 0) is 12.8 Å². The van der Waals surface area contributed by atoms with E-state index in [1.807, 2.05) is 7.05 Å². The fourth-order valence-corrected chi connectivity index (χ4v) is 1.65. The van der Waals surface area contributed by atoms with Gasteiger partial charge in [0.2, 0.25) is 5.91 Å². The molecule has 1 aliphatic rings. The summed E-state index contributed by atoms with van der Waals surface area (Å²) >= 11 is 0. The van der Waals surface area contributed by atoms with Gasteiger partial charge in [0, 0.05) is 26.6 Å². The molecule has 1 heterocycles. The van der Waals surface area contributed by atoms with Gasteiger partial charge in [-0.25, -0.2) is 4.98 Å². The van der Waals surface area contributed by atoms with Gasteiger partial charge in [0.1, 0.15) is 6.33 Å². The van der Waals surface area contributed by atoms with E-state index in [1.54, 1.807) is 11.0 Å². The van der Waals surface area contributed by atoms with Crippen LogP contribution >= 0.6 is 0 Å². The smallest absolute Gasteiger partial charge is 0.227 e. The second-order valence-electron chi connectivity index (χ2n) is 4.32. The Balaban J connectivity index is 1.74. The van der Waals surface area contributed by atoms with Crippen molar-refractivity contribution >= 4 is 5.91 Å². The van der Waals surface area contributed by atoms with E-state index < -0.39 is 0 Å². The minimum Gasteiger partial charge on any atom is -0.355 e. The largest absolute Gasteiger partial charge is 0.355 e. The SMILES string of the molecule is Cn1cnc(CCNC(=O)C2(CN)CC2)n1. The van der Waals surface area contributed by atoms with Crippen molar-refractivity contribution < 1.29 is 4.79 Å². The van der Waals surface area contributed by atoms with E-state index in [9.17, 15) is 4.79 Å². The number of nitrogens with zero attached hydrogens (tertiary/aromatic N) is 3. The lowest BCUT2D eigenvalue weighted by Crippen LogP contribution is -2.37. The number of nitrogens with two attached hydrogens (primary N) is 1. The molecule has 1 amide bonds. The van der Waals surface area contributed by atoms with Crippen LogP contribution in [0.1, 0.15) is 18.7 Å².